The van der Waals surface area contributed by atoms with Crippen LogP contribution in [0.3, 0.4) is 0 Å². The number of nitrogens with two attached hydrogens (primary N) is 1. The van der Waals surface area contributed by atoms with Crippen LogP contribution in [-0.2, 0) is 6.18 Å². The Balaban J connectivity index is 2.39. The number of halogens is 3. The lowest BCUT2D eigenvalue weighted by molar-refractivity contribution is -0.138. The van der Waals surface area contributed by atoms with E-state index in [1.807, 2.05) is 11.9 Å². The van der Waals surface area contributed by atoms with Gasteiger partial charge >= 0.3 is 6.18 Å². The smallest absolute Gasteiger partial charge is 0.326 e. The van der Waals surface area contributed by atoms with E-state index in [1.54, 1.807) is 6.07 Å². The second-order valence-electron chi connectivity index (χ2n) is 4.58. The average molecular weight is 244 g/mol. The summed E-state index contributed by atoms with van der Waals surface area (Å²) in [5.74, 6) is -0.238. The molecule has 0 aliphatic carbocycles. The van der Waals surface area contributed by atoms with Crippen molar-refractivity contribution in [3.8, 4) is 0 Å². The van der Waals surface area contributed by atoms with Gasteiger partial charge in [-0.25, -0.2) is 0 Å². The number of alkyl halides is 3. The Morgan fingerprint density at radius 2 is 1.88 bits per heavy atom. The first kappa shape index (κ1) is 12.4. The third-order valence-electron chi connectivity index (χ3n) is 3.21. The molecule has 0 aromatic heterocycles. The third kappa shape index (κ3) is 2.45. The van der Waals surface area contributed by atoms with E-state index in [9.17, 15) is 13.2 Å². The quantitative estimate of drug-likeness (QED) is 0.819. The highest BCUT2D eigenvalue weighted by Crippen LogP contribution is 2.37. The fraction of sp³-hybridized carbons (Fsp3) is 0.500. The second-order valence-corrected chi connectivity index (χ2v) is 4.58. The van der Waals surface area contributed by atoms with Crippen molar-refractivity contribution in [1.29, 1.82) is 0 Å². The molecule has 17 heavy (non-hydrogen) atoms. The van der Waals surface area contributed by atoms with Crippen LogP contribution < -0.4 is 5.73 Å². The maximum atomic E-state index is 12.9. The van der Waals surface area contributed by atoms with Gasteiger partial charge in [-0.05, 0) is 18.7 Å². The molecule has 5 heteroatoms. The van der Waals surface area contributed by atoms with Gasteiger partial charge in [-0.15, -0.1) is 0 Å². The van der Waals surface area contributed by atoms with E-state index in [0.29, 0.717) is 18.7 Å². The zero-order valence-corrected chi connectivity index (χ0v) is 9.54. The van der Waals surface area contributed by atoms with E-state index < -0.39 is 11.7 Å². The van der Waals surface area contributed by atoms with Crippen LogP contribution in [-0.4, -0.2) is 31.1 Å². The Morgan fingerprint density at radius 3 is 2.41 bits per heavy atom. The van der Waals surface area contributed by atoms with Crippen molar-refractivity contribution < 1.29 is 13.2 Å². The van der Waals surface area contributed by atoms with E-state index in [-0.39, 0.29) is 12.0 Å². The van der Waals surface area contributed by atoms with Crippen LogP contribution in [0.1, 0.15) is 17.0 Å². The number of hydrogen-bond acceptors (Lipinski definition) is 2. The first-order valence-corrected chi connectivity index (χ1v) is 5.50. The monoisotopic (exact) mass is 244 g/mol. The standard InChI is InChI=1S/C12H15F3N2/c1-17-6-9(11(16)7-17)8-4-2-3-5-10(8)12(13,14)15/h2-5,9,11H,6-7,16H2,1H3/t9?,11-/m1/s1. The predicted octanol–water partition coefficient (Wildman–Crippen LogP) is 2.06. The van der Waals surface area contributed by atoms with E-state index in [0.717, 1.165) is 6.07 Å². The first-order valence-electron chi connectivity index (χ1n) is 5.50. The normalized spacial score (nSPS) is 26.4. The summed E-state index contributed by atoms with van der Waals surface area (Å²) in [4.78, 5) is 1.96. The van der Waals surface area contributed by atoms with Gasteiger partial charge in [-0.2, -0.15) is 13.2 Å². The summed E-state index contributed by atoms with van der Waals surface area (Å²) in [5, 5.41) is 0. The molecule has 0 bridgehead atoms. The summed E-state index contributed by atoms with van der Waals surface area (Å²) in [5.41, 5.74) is 5.66. The van der Waals surface area contributed by atoms with Crippen molar-refractivity contribution in [2.24, 2.45) is 5.73 Å². The summed E-state index contributed by atoms with van der Waals surface area (Å²) in [6, 6.07) is 5.47. The molecule has 0 radical (unpaired) electrons. The molecular formula is C12H15F3N2. The van der Waals surface area contributed by atoms with Crippen molar-refractivity contribution in [3.63, 3.8) is 0 Å². The molecule has 2 rings (SSSR count). The highest BCUT2D eigenvalue weighted by molar-refractivity contribution is 5.35. The summed E-state index contributed by atoms with van der Waals surface area (Å²) < 4.78 is 38.6. The maximum absolute atomic E-state index is 12.9. The molecule has 1 aromatic carbocycles. The zero-order valence-electron chi connectivity index (χ0n) is 9.54. The Hall–Kier alpha value is -1.07. The van der Waals surface area contributed by atoms with Crippen molar-refractivity contribution in [3.05, 3.63) is 35.4 Å². The van der Waals surface area contributed by atoms with Crippen LogP contribution in [0.5, 0.6) is 0 Å². The minimum Gasteiger partial charge on any atom is -0.326 e. The van der Waals surface area contributed by atoms with Crippen LogP contribution in [0, 0.1) is 0 Å². The number of likely N-dealkylation sites (N-methyl/N-ethyl adjacent to an activating group) is 1. The lowest BCUT2D eigenvalue weighted by atomic mass is 9.90. The molecule has 1 fully saturated rings. The Bertz CT molecular complexity index is 403. The lowest BCUT2D eigenvalue weighted by Crippen LogP contribution is -2.29. The van der Waals surface area contributed by atoms with Crippen molar-refractivity contribution >= 4 is 0 Å². The largest absolute Gasteiger partial charge is 0.416 e. The third-order valence-corrected chi connectivity index (χ3v) is 3.21. The molecular weight excluding hydrogens is 229 g/mol. The molecule has 0 spiro atoms. The van der Waals surface area contributed by atoms with Gasteiger partial charge in [0.2, 0.25) is 0 Å². The molecule has 1 aliphatic heterocycles. The summed E-state index contributed by atoms with van der Waals surface area (Å²) in [6.45, 7) is 1.21. The summed E-state index contributed by atoms with van der Waals surface area (Å²) in [6.07, 6.45) is -4.31. The second kappa shape index (κ2) is 4.31. The summed E-state index contributed by atoms with van der Waals surface area (Å²) >= 11 is 0. The van der Waals surface area contributed by atoms with Gasteiger partial charge in [0, 0.05) is 25.0 Å². The number of hydrogen-bond donors (Lipinski definition) is 1. The van der Waals surface area contributed by atoms with Crippen molar-refractivity contribution in [2.45, 2.75) is 18.1 Å². The summed E-state index contributed by atoms with van der Waals surface area (Å²) in [7, 11) is 1.87. The molecule has 2 nitrogen and oxygen atoms in total. The topological polar surface area (TPSA) is 29.3 Å². The van der Waals surface area contributed by atoms with Crippen LogP contribution in [0.4, 0.5) is 13.2 Å². The number of rotatable bonds is 1. The zero-order chi connectivity index (χ0) is 12.6. The molecule has 94 valence electrons. The highest BCUT2D eigenvalue weighted by atomic mass is 19.4. The van der Waals surface area contributed by atoms with Crippen LogP contribution in [0.25, 0.3) is 0 Å². The van der Waals surface area contributed by atoms with Crippen molar-refractivity contribution in [2.75, 3.05) is 20.1 Å². The number of benzene rings is 1. The number of likely N-dealkylation sites (tertiary alicyclic amines) is 1. The van der Waals surface area contributed by atoms with Gasteiger partial charge in [0.05, 0.1) is 5.56 Å². The van der Waals surface area contributed by atoms with Gasteiger partial charge < -0.3 is 10.6 Å². The van der Waals surface area contributed by atoms with Crippen LogP contribution >= 0.6 is 0 Å². The Morgan fingerprint density at radius 1 is 1.24 bits per heavy atom. The molecule has 0 saturated carbocycles. The highest BCUT2D eigenvalue weighted by Gasteiger charge is 2.38. The van der Waals surface area contributed by atoms with E-state index in [2.05, 4.69) is 0 Å². The molecule has 1 aliphatic rings. The average Bonchev–Trinajstić information content (AvgIpc) is 2.56. The fourth-order valence-corrected chi connectivity index (χ4v) is 2.44. The molecule has 2 atom stereocenters. The fourth-order valence-electron chi connectivity index (χ4n) is 2.44. The van der Waals surface area contributed by atoms with E-state index in [1.165, 1.54) is 12.1 Å². The molecule has 1 saturated heterocycles. The number of nitrogens with zero attached hydrogens (tertiary/aromatic N) is 1. The minimum absolute atomic E-state index is 0.233. The molecule has 0 amide bonds. The van der Waals surface area contributed by atoms with Crippen molar-refractivity contribution in [1.82, 2.24) is 4.90 Å². The van der Waals surface area contributed by atoms with Crippen LogP contribution in [0.15, 0.2) is 24.3 Å². The maximum Gasteiger partial charge on any atom is 0.416 e. The molecule has 1 aromatic rings. The lowest BCUT2D eigenvalue weighted by Gasteiger charge is -2.20. The predicted molar refractivity (Wildman–Crippen MR) is 59.7 cm³/mol. The SMILES string of the molecule is CN1CC(c2ccccc2C(F)(F)F)[C@H](N)C1. The van der Waals surface area contributed by atoms with Gasteiger partial charge in [0.25, 0.3) is 0 Å². The van der Waals surface area contributed by atoms with E-state index in [4.69, 9.17) is 5.73 Å². The van der Waals surface area contributed by atoms with Gasteiger partial charge in [0.15, 0.2) is 0 Å². The Kier molecular flexibility index (Phi) is 3.14. The molecule has 1 heterocycles. The molecule has 2 N–H and O–H groups in total. The first-order chi connectivity index (χ1) is 7.89. The van der Waals surface area contributed by atoms with Gasteiger partial charge in [-0.3, -0.25) is 0 Å². The van der Waals surface area contributed by atoms with E-state index >= 15 is 0 Å². The van der Waals surface area contributed by atoms with Gasteiger partial charge in [-0.1, -0.05) is 18.2 Å². The minimum atomic E-state index is -4.31. The van der Waals surface area contributed by atoms with Crippen LogP contribution in [0.2, 0.25) is 0 Å². The Labute approximate surface area is 98.2 Å². The van der Waals surface area contributed by atoms with Gasteiger partial charge in [0.1, 0.15) is 0 Å². The molecule has 1 unspecified atom stereocenters.